The van der Waals surface area contributed by atoms with Gasteiger partial charge in [-0.05, 0) is 62.6 Å². The average Bonchev–Trinajstić information content (AvgIpc) is 3.08. The molecule has 0 bridgehead atoms. The van der Waals surface area contributed by atoms with Gasteiger partial charge in [-0.2, -0.15) is 15.6 Å². The summed E-state index contributed by atoms with van der Waals surface area (Å²) < 4.78 is 28.3. The van der Waals surface area contributed by atoms with E-state index in [1.807, 2.05) is 35.0 Å². The van der Waals surface area contributed by atoms with Gasteiger partial charge in [-0.15, -0.1) is 0 Å². The van der Waals surface area contributed by atoms with Crippen LogP contribution >= 0.6 is 27.3 Å². The molecule has 2 aromatic heterocycles. The summed E-state index contributed by atoms with van der Waals surface area (Å²) in [4.78, 5) is 4.52. The molecule has 0 N–H and O–H groups in total. The maximum absolute atomic E-state index is 13.2. The van der Waals surface area contributed by atoms with Crippen LogP contribution < -0.4 is 0 Å². The molecule has 0 saturated carbocycles. The van der Waals surface area contributed by atoms with E-state index in [2.05, 4.69) is 20.9 Å². The Morgan fingerprint density at radius 1 is 1.04 bits per heavy atom. The van der Waals surface area contributed by atoms with Crippen molar-refractivity contribution in [3.8, 4) is 0 Å². The smallest absolute Gasteiger partial charge is 0.244 e. The minimum Gasteiger partial charge on any atom is -0.260 e. The molecule has 0 fully saturated rings. The first-order valence-electron chi connectivity index (χ1n) is 7.23. The zero-order chi connectivity index (χ0) is 17.0. The van der Waals surface area contributed by atoms with Gasteiger partial charge >= 0.3 is 0 Å². The second-order valence-electron chi connectivity index (χ2n) is 5.16. The van der Waals surface area contributed by atoms with E-state index in [1.54, 1.807) is 41.8 Å². The number of nitrogens with zero attached hydrogens (tertiary/aromatic N) is 2. The van der Waals surface area contributed by atoms with Gasteiger partial charge in [-0.3, -0.25) is 4.98 Å². The zero-order valence-corrected chi connectivity index (χ0v) is 15.9. The second-order valence-corrected chi connectivity index (χ2v) is 8.70. The van der Waals surface area contributed by atoms with Crippen LogP contribution in [0.25, 0.3) is 0 Å². The molecule has 2 heterocycles. The topological polar surface area (TPSA) is 50.3 Å². The van der Waals surface area contributed by atoms with Gasteiger partial charge in [0.25, 0.3) is 0 Å². The predicted octanol–water partition coefficient (Wildman–Crippen LogP) is 4.30. The molecule has 0 aliphatic heterocycles. The predicted molar refractivity (Wildman–Crippen MR) is 99.1 cm³/mol. The summed E-state index contributed by atoms with van der Waals surface area (Å²) in [6.45, 7) is 0.532. The van der Waals surface area contributed by atoms with Crippen LogP contribution in [0.2, 0.25) is 0 Å². The monoisotopic (exact) mass is 422 g/mol. The molecule has 0 atom stereocenters. The van der Waals surface area contributed by atoms with Crippen LogP contribution in [0.15, 0.2) is 74.9 Å². The molecular formula is C17H15BrN2O2S2. The Bertz CT molecular complexity index is 897. The number of aromatic nitrogens is 1. The number of halogens is 1. The highest BCUT2D eigenvalue weighted by atomic mass is 79.9. The van der Waals surface area contributed by atoms with Crippen molar-refractivity contribution in [1.29, 1.82) is 0 Å². The SMILES string of the molecule is O=S(=O)(c1ccccc1Br)N(Cc1ccsc1)Cc1ccccn1. The standard InChI is InChI=1S/C17H15BrN2O2S2/c18-16-6-1-2-7-17(16)24(21,22)20(11-14-8-10-23-13-14)12-15-5-3-4-9-19-15/h1-10,13H,11-12H2. The summed E-state index contributed by atoms with van der Waals surface area (Å²) in [7, 11) is -3.65. The summed E-state index contributed by atoms with van der Waals surface area (Å²) >= 11 is 4.90. The summed E-state index contributed by atoms with van der Waals surface area (Å²) in [6.07, 6.45) is 1.67. The largest absolute Gasteiger partial charge is 0.260 e. The first-order valence-corrected chi connectivity index (χ1v) is 10.4. The van der Waals surface area contributed by atoms with Crippen molar-refractivity contribution in [2.45, 2.75) is 18.0 Å². The van der Waals surface area contributed by atoms with E-state index in [-0.39, 0.29) is 11.4 Å². The number of pyridine rings is 1. The molecule has 0 radical (unpaired) electrons. The lowest BCUT2D eigenvalue weighted by molar-refractivity contribution is 0.397. The highest BCUT2D eigenvalue weighted by Crippen LogP contribution is 2.27. The molecule has 3 aromatic rings. The Kier molecular flexibility index (Phi) is 5.45. The maximum atomic E-state index is 13.2. The molecule has 24 heavy (non-hydrogen) atoms. The maximum Gasteiger partial charge on any atom is 0.244 e. The van der Waals surface area contributed by atoms with Crippen LogP contribution in [-0.2, 0) is 23.1 Å². The molecule has 3 rings (SSSR count). The van der Waals surface area contributed by atoms with E-state index in [0.717, 1.165) is 5.56 Å². The third-order valence-corrected chi connectivity index (χ3v) is 6.99. The molecule has 124 valence electrons. The number of benzene rings is 1. The van der Waals surface area contributed by atoms with E-state index in [9.17, 15) is 8.42 Å². The van der Waals surface area contributed by atoms with Gasteiger partial charge in [0.15, 0.2) is 0 Å². The highest BCUT2D eigenvalue weighted by Gasteiger charge is 2.27. The van der Waals surface area contributed by atoms with Gasteiger partial charge in [-0.1, -0.05) is 18.2 Å². The Morgan fingerprint density at radius 2 is 1.83 bits per heavy atom. The van der Waals surface area contributed by atoms with Gasteiger partial charge in [0, 0.05) is 17.2 Å². The highest BCUT2D eigenvalue weighted by molar-refractivity contribution is 9.10. The second kappa shape index (κ2) is 7.57. The zero-order valence-electron chi connectivity index (χ0n) is 12.7. The minimum absolute atomic E-state index is 0.223. The third-order valence-electron chi connectivity index (χ3n) is 3.46. The van der Waals surface area contributed by atoms with Crippen LogP contribution in [0.5, 0.6) is 0 Å². The fourth-order valence-electron chi connectivity index (χ4n) is 2.28. The Morgan fingerprint density at radius 3 is 2.50 bits per heavy atom. The van der Waals surface area contributed by atoms with Crippen molar-refractivity contribution in [1.82, 2.24) is 9.29 Å². The molecule has 0 saturated heterocycles. The summed E-state index contributed by atoms with van der Waals surface area (Å²) in [5, 5.41) is 3.90. The van der Waals surface area contributed by atoms with Crippen LogP contribution in [0.3, 0.4) is 0 Å². The Labute approximate surface area is 154 Å². The lowest BCUT2D eigenvalue weighted by Gasteiger charge is -2.22. The minimum atomic E-state index is -3.65. The molecule has 0 unspecified atom stereocenters. The van der Waals surface area contributed by atoms with Gasteiger partial charge in [0.1, 0.15) is 0 Å². The lowest BCUT2D eigenvalue weighted by atomic mass is 10.3. The molecule has 0 amide bonds. The Balaban J connectivity index is 1.98. The number of sulfonamides is 1. The Hall–Kier alpha value is -1.54. The van der Waals surface area contributed by atoms with E-state index in [1.165, 1.54) is 4.31 Å². The molecule has 7 heteroatoms. The van der Waals surface area contributed by atoms with Gasteiger partial charge < -0.3 is 0 Å². The summed E-state index contributed by atoms with van der Waals surface area (Å²) in [6, 6.07) is 14.3. The van der Waals surface area contributed by atoms with E-state index in [0.29, 0.717) is 16.7 Å². The number of hydrogen-bond donors (Lipinski definition) is 0. The van der Waals surface area contributed by atoms with E-state index in [4.69, 9.17) is 0 Å². The molecule has 0 aliphatic rings. The number of hydrogen-bond acceptors (Lipinski definition) is 4. The summed E-state index contributed by atoms with van der Waals surface area (Å²) in [5.74, 6) is 0. The molecular weight excluding hydrogens is 408 g/mol. The van der Waals surface area contributed by atoms with Crippen molar-refractivity contribution >= 4 is 37.3 Å². The molecule has 1 aromatic carbocycles. The number of rotatable bonds is 6. The van der Waals surface area contributed by atoms with Crippen LogP contribution in [-0.4, -0.2) is 17.7 Å². The van der Waals surface area contributed by atoms with Crippen LogP contribution in [0, 0.1) is 0 Å². The summed E-state index contributed by atoms with van der Waals surface area (Å²) in [5.41, 5.74) is 1.68. The van der Waals surface area contributed by atoms with Crippen molar-refractivity contribution in [3.63, 3.8) is 0 Å². The first-order chi connectivity index (χ1) is 11.6. The fourth-order valence-corrected chi connectivity index (χ4v) is 5.30. The lowest BCUT2D eigenvalue weighted by Crippen LogP contribution is -2.30. The van der Waals surface area contributed by atoms with E-state index >= 15 is 0 Å². The fraction of sp³-hybridized carbons (Fsp3) is 0.118. The van der Waals surface area contributed by atoms with Crippen molar-refractivity contribution in [3.05, 3.63) is 81.2 Å². The first kappa shape index (κ1) is 17.3. The molecule has 0 spiro atoms. The molecule has 4 nitrogen and oxygen atoms in total. The molecule has 0 aliphatic carbocycles. The average molecular weight is 423 g/mol. The van der Waals surface area contributed by atoms with Gasteiger partial charge in [0.05, 0.1) is 17.1 Å². The van der Waals surface area contributed by atoms with Crippen LogP contribution in [0.4, 0.5) is 0 Å². The van der Waals surface area contributed by atoms with Crippen LogP contribution in [0.1, 0.15) is 11.3 Å². The van der Waals surface area contributed by atoms with E-state index < -0.39 is 10.0 Å². The quantitative estimate of drug-likeness (QED) is 0.594. The van der Waals surface area contributed by atoms with Gasteiger partial charge in [0.2, 0.25) is 10.0 Å². The van der Waals surface area contributed by atoms with Crippen molar-refractivity contribution in [2.24, 2.45) is 0 Å². The third kappa shape index (κ3) is 3.92. The number of thiophene rings is 1. The van der Waals surface area contributed by atoms with Crippen molar-refractivity contribution < 1.29 is 8.42 Å². The van der Waals surface area contributed by atoms with Gasteiger partial charge in [-0.25, -0.2) is 8.42 Å². The normalized spacial score (nSPS) is 11.8. The van der Waals surface area contributed by atoms with Crippen molar-refractivity contribution in [2.75, 3.05) is 0 Å².